The SMILES string of the molecule is c1csc(CN[C@@H]2C[C@H]3CC[C@H]2C3)c1. The van der Waals surface area contributed by atoms with Crippen molar-refractivity contribution in [3.8, 4) is 0 Å². The molecule has 1 aromatic rings. The molecule has 0 spiro atoms. The summed E-state index contributed by atoms with van der Waals surface area (Å²) >= 11 is 1.86. The van der Waals surface area contributed by atoms with Gasteiger partial charge in [-0.25, -0.2) is 0 Å². The fraction of sp³-hybridized carbons (Fsp3) is 0.667. The van der Waals surface area contributed by atoms with Gasteiger partial charge >= 0.3 is 0 Å². The van der Waals surface area contributed by atoms with Gasteiger partial charge in [-0.15, -0.1) is 11.3 Å². The van der Waals surface area contributed by atoms with Crippen molar-refractivity contribution in [1.29, 1.82) is 0 Å². The fourth-order valence-electron chi connectivity index (χ4n) is 3.14. The van der Waals surface area contributed by atoms with Crippen LogP contribution in [-0.4, -0.2) is 6.04 Å². The van der Waals surface area contributed by atoms with Crippen LogP contribution >= 0.6 is 11.3 Å². The normalized spacial score (nSPS) is 35.3. The Bertz CT molecular complexity index is 293. The van der Waals surface area contributed by atoms with Crippen LogP contribution in [0.2, 0.25) is 0 Å². The minimum Gasteiger partial charge on any atom is -0.309 e. The first-order valence-electron chi connectivity index (χ1n) is 5.67. The number of fused-ring (bicyclic) bond motifs is 2. The first-order chi connectivity index (χ1) is 6.92. The Morgan fingerprint density at radius 3 is 3.00 bits per heavy atom. The van der Waals surface area contributed by atoms with Gasteiger partial charge in [-0.3, -0.25) is 0 Å². The van der Waals surface area contributed by atoms with Crippen molar-refractivity contribution in [2.45, 2.75) is 38.3 Å². The standard InChI is InChI=1S/C12H17NS/c1-2-11(14-5-1)8-13-12-7-9-3-4-10(12)6-9/h1-2,5,9-10,12-13H,3-4,6-8H2/t9-,10-,12+/m0/s1. The highest BCUT2D eigenvalue weighted by Crippen LogP contribution is 2.44. The Morgan fingerprint density at radius 1 is 1.36 bits per heavy atom. The molecule has 0 aromatic carbocycles. The first kappa shape index (κ1) is 8.93. The number of hydrogen-bond acceptors (Lipinski definition) is 2. The first-order valence-corrected chi connectivity index (χ1v) is 6.55. The number of thiophene rings is 1. The quantitative estimate of drug-likeness (QED) is 0.803. The van der Waals surface area contributed by atoms with E-state index < -0.39 is 0 Å². The lowest BCUT2D eigenvalue weighted by Gasteiger charge is -2.22. The van der Waals surface area contributed by atoms with E-state index in [9.17, 15) is 0 Å². The molecule has 1 aromatic heterocycles. The molecule has 1 N–H and O–H groups in total. The number of hydrogen-bond donors (Lipinski definition) is 1. The Labute approximate surface area is 89.5 Å². The lowest BCUT2D eigenvalue weighted by Crippen LogP contribution is -2.33. The maximum Gasteiger partial charge on any atom is 0.0302 e. The molecular formula is C12H17NS. The van der Waals surface area contributed by atoms with E-state index in [4.69, 9.17) is 0 Å². The van der Waals surface area contributed by atoms with E-state index in [1.807, 2.05) is 11.3 Å². The maximum atomic E-state index is 3.73. The second-order valence-corrected chi connectivity index (χ2v) is 5.77. The molecule has 2 aliphatic carbocycles. The highest BCUT2D eigenvalue weighted by Gasteiger charge is 2.38. The summed E-state index contributed by atoms with van der Waals surface area (Å²) in [6.07, 6.45) is 5.92. The molecule has 76 valence electrons. The van der Waals surface area contributed by atoms with Gasteiger partial charge in [0.15, 0.2) is 0 Å². The summed E-state index contributed by atoms with van der Waals surface area (Å²) in [6, 6.07) is 5.20. The molecule has 0 saturated heterocycles. The molecule has 2 heteroatoms. The predicted octanol–water partition coefficient (Wildman–Crippen LogP) is 3.03. The van der Waals surface area contributed by atoms with Crippen LogP contribution in [0, 0.1) is 11.8 Å². The summed E-state index contributed by atoms with van der Waals surface area (Å²) in [4.78, 5) is 1.48. The second-order valence-electron chi connectivity index (χ2n) is 4.74. The van der Waals surface area contributed by atoms with Crippen LogP contribution < -0.4 is 5.32 Å². The summed E-state index contributed by atoms with van der Waals surface area (Å²) < 4.78 is 0. The lowest BCUT2D eigenvalue weighted by molar-refractivity contribution is 0.351. The largest absolute Gasteiger partial charge is 0.309 e. The van der Waals surface area contributed by atoms with Crippen LogP contribution in [0.3, 0.4) is 0 Å². The van der Waals surface area contributed by atoms with E-state index >= 15 is 0 Å². The van der Waals surface area contributed by atoms with Gasteiger partial charge in [0.05, 0.1) is 0 Å². The highest BCUT2D eigenvalue weighted by atomic mass is 32.1. The van der Waals surface area contributed by atoms with E-state index in [-0.39, 0.29) is 0 Å². The van der Waals surface area contributed by atoms with Crippen LogP contribution in [0.4, 0.5) is 0 Å². The molecule has 0 radical (unpaired) electrons. The van der Waals surface area contributed by atoms with E-state index in [0.717, 1.165) is 24.4 Å². The van der Waals surface area contributed by atoms with Crippen molar-refractivity contribution >= 4 is 11.3 Å². The van der Waals surface area contributed by atoms with E-state index in [2.05, 4.69) is 22.8 Å². The van der Waals surface area contributed by atoms with Gasteiger partial charge in [0.25, 0.3) is 0 Å². The second kappa shape index (κ2) is 3.67. The zero-order valence-corrected chi connectivity index (χ0v) is 9.22. The van der Waals surface area contributed by atoms with Gasteiger partial charge in [-0.1, -0.05) is 12.5 Å². The minimum absolute atomic E-state index is 0.829. The molecule has 2 aliphatic rings. The van der Waals surface area contributed by atoms with Crippen LogP contribution in [-0.2, 0) is 6.54 Å². The topological polar surface area (TPSA) is 12.0 Å². The molecule has 2 bridgehead atoms. The smallest absolute Gasteiger partial charge is 0.0302 e. The van der Waals surface area contributed by atoms with Gasteiger partial charge in [0.2, 0.25) is 0 Å². The molecule has 14 heavy (non-hydrogen) atoms. The molecule has 2 fully saturated rings. The average Bonchev–Trinajstić information content (AvgIpc) is 2.91. The van der Waals surface area contributed by atoms with Crippen molar-refractivity contribution in [3.63, 3.8) is 0 Å². The Hall–Kier alpha value is -0.340. The van der Waals surface area contributed by atoms with Crippen molar-refractivity contribution < 1.29 is 0 Å². The molecule has 2 saturated carbocycles. The monoisotopic (exact) mass is 207 g/mol. The van der Waals surface area contributed by atoms with Crippen LogP contribution in [0.25, 0.3) is 0 Å². The minimum atomic E-state index is 0.829. The molecule has 1 heterocycles. The van der Waals surface area contributed by atoms with E-state index in [1.165, 1.54) is 30.6 Å². The van der Waals surface area contributed by atoms with E-state index in [1.54, 1.807) is 0 Å². The van der Waals surface area contributed by atoms with Gasteiger partial charge in [0, 0.05) is 17.5 Å². The van der Waals surface area contributed by atoms with Gasteiger partial charge in [0.1, 0.15) is 0 Å². The zero-order chi connectivity index (χ0) is 9.38. The van der Waals surface area contributed by atoms with Crippen LogP contribution in [0.15, 0.2) is 17.5 Å². The fourth-order valence-corrected chi connectivity index (χ4v) is 3.80. The van der Waals surface area contributed by atoms with Crippen molar-refractivity contribution in [1.82, 2.24) is 5.32 Å². The van der Waals surface area contributed by atoms with Crippen LogP contribution in [0.5, 0.6) is 0 Å². The predicted molar refractivity (Wildman–Crippen MR) is 60.4 cm³/mol. The molecule has 1 nitrogen and oxygen atoms in total. The summed E-state index contributed by atoms with van der Waals surface area (Å²) in [5.74, 6) is 2.06. The van der Waals surface area contributed by atoms with Gasteiger partial charge < -0.3 is 5.32 Å². The third-order valence-electron chi connectivity index (χ3n) is 3.86. The van der Waals surface area contributed by atoms with Crippen molar-refractivity contribution in [3.05, 3.63) is 22.4 Å². The van der Waals surface area contributed by atoms with Crippen molar-refractivity contribution in [2.24, 2.45) is 11.8 Å². The summed E-state index contributed by atoms with van der Waals surface area (Å²) in [7, 11) is 0. The lowest BCUT2D eigenvalue weighted by atomic mass is 9.95. The average molecular weight is 207 g/mol. The number of rotatable bonds is 3. The molecule has 0 amide bonds. The van der Waals surface area contributed by atoms with Gasteiger partial charge in [-0.05, 0) is 42.5 Å². The molecule has 3 rings (SSSR count). The van der Waals surface area contributed by atoms with E-state index in [0.29, 0.717) is 0 Å². The highest BCUT2D eigenvalue weighted by molar-refractivity contribution is 7.09. The summed E-state index contributed by atoms with van der Waals surface area (Å²) in [5.41, 5.74) is 0. The maximum absolute atomic E-state index is 3.73. The summed E-state index contributed by atoms with van der Waals surface area (Å²) in [6.45, 7) is 1.09. The molecule has 3 atom stereocenters. The Balaban J connectivity index is 1.54. The Morgan fingerprint density at radius 2 is 2.36 bits per heavy atom. The summed E-state index contributed by atoms with van der Waals surface area (Å²) in [5, 5.41) is 5.89. The number of nitrogens with one attached hydrogen (secondary N) is 1. The molecular weight excluding hydrogens is 190 g/mol. The molecule has 0 unspecified atom stereocenters. The third kappa shape index (κ3) is 1.61. The van der Waals surface area contributed by atoms with Gasteiger partial charge in [-0.2, -0.15) is 0 Å². The third-order valence-corrected chi connectivity index (χ3v) is 4.73. The zero-order valence-electron chi connectivity index (χ0n) is 8.41. The van der Waals surface area contributed by atoms with Crippen molar-refractivity contribution in [2.75, 3.05) is 0 Å². The van der Waals surface area contributed by atoms with Crippen LogP contribution in [0.1, 0.15) is 30.6 Å². The molecule has 0 aliphatic heterocycles. The Kier molecular flexibility index (Phi) is 2.34.